The number of rotatable bonds is 8. The molecular formula is C36H41BrCl2N2O4. The maximum Gasteiger partial charge on any atom is 0.178 e. The Hall–Kier alpha value is -3.26. The maximum absolute atomic E-state index is 11.7. The van der Waals surface area contributed by atoms with Crippen LogP contribution >= 0.6 is 39.1 Å². The van der Waals surface area contributed by atoms with Gasteiger partial charge in [0, 0.05) is 41.6 Å². The van der Waals surface area contributed by atoms with E-state index < -0.39 is 0 Å². The largest absolute Gasteiger partial charge is 0.497 e. The summed E-state index contributed by atoms with van der Waals surface area (Å²) >= 11 is 15.8. The van der Waals surface area contributed by atoms with Crippen molar-refractivity contribution in [3.8, 4) is 11.5 Å². The summed E-state index contributed by atoms with van der Waals surface area (Å²) in [5.41, 5.74) is 9.30. The van der Waals surface area contributed by atoms with Crippen LogP contribution in [-0.4, -0.2) is 35.8 Å². The predicted molar refractivity (Wildman–Crippen MR) is 188 cm³/mol. The molecule has 0 bridgehead atoms. The average Bonchev–Trinajstić information content (AvgIpc) is 2.99. The van der Waals surface area contributed by atoms with Gasteiger partial charge < -0.3 is 9.47 Å². The number of pyridine rings is 2. The van der Waals surface area contributed by atoms with Gasteiger partial charge in [0.2, 0.25) is 0 Å². The van der Waals surface area contributed by atoms with Crippen LogP contribution in [0.5, 0.6) is 11.5 Å². The number of halogens is 3. The van der Waals surface area contributed by atoms with Gasteiger partial charge in [-0.15, -0.1) is 0 Å². The number of hydrogen-bond donors (Lipinski definition) is 0. The first-order valence-corrected chi connectivity index (χ1v) is 16.2. The molecule has 0 aliphatic carbocycles. The minimum absolute atomic E-state index is 0.0112. The number of benzene rings is 2. The highest BCUT2D eigenvalue weighted by Gasteiger charge is 2.12. The minimum Gasteiger partial charge on any atom is -0.497 e. The summed E-state index contributed by atoms with van der Waals surface area (Å²) in [6, 6.07) is 11.7. The van der Waals surface area contributed by atoms with E-state index >= 15 is 0 Å². The highest BCUT2D eigenvalue weighted by molar-refractivity contribution is 9.08. The summed E-state index contributed by atoms with van der Waals surface area (Å²) < 4.78 is 10.4. The quantitative estimate of drug-likeness (QED) is 0.134. The van der Waals surface area contributed by atoms with Crippen molar-refractivity contribution in [3.05, 3.63) is 115 Å². The zero-order valence-corrected chi connectivity index (χ0v) is 30.5. The summed E-state index contributed by atoms with van der Waals surface area (Å²) in [5.74, 6) is 1.67. The number of aromatic nitrogens is 2. The van der Waals surface area contributed by atoms with E-state index in [2.05, 4.69) is 25.9 Å². The topological polar surface area (TPSA) is 78.4 Å². The van der Waals surface area contributed by atoms with Crippen molar-refractivity contribution in [2.24, 2.45) is 0 Å². The van der Waals surface area contributed by atoms with Crippen LogP contribution in [0.3, 0.4) is 0 Å². The van der Waals surface area contributed by atoms with Crippen LogP contribution in [0.25, 0.3) is 0 Å². The van der Waals surface area contributed by atoms with Crippen LogP contribution in [0.1, 0.15) is 79.3 Å². The van der Waals surface area contributed by atoms with Crippen molar-refractivity contribution < 1.29 is 19.1 Å². The van der Waals surface area contributed by atoms with Crippen molar-refractivity contribution in [2.75, 3.05) is 14.2 Å². The molecule has 0 amide bonds. The molecule has 45 heavy (non-hydrogen) atoms. The third-order valence-corrected chi connectivity index (χ3v) is 8.56. The van der Waals surface area contributed by atoms with E-state index in [1.165, 1.54) is 6.92 Å². The van der Waals surface area contributed by atoms with Gasteiger partial charge in [0.15, 0.2) is 11.6 Å². The molecule has 0 N–H and O–H groups in total. The van der Waals surface area contributed by atoms with E-state index in [9.17, 15) is 9.59 Å². The van der Waals surface area contributed by atoms with Gasteiger partial charge in [0.1, 0.15) is 22.9 Å². The molecule has 0 atom stereocenters. The number of alkyl halides is 1. The number of aryl methyl sites for hydroxylation is 7. The molecule has 0 aliphatic heterocycles. The van der Waals surface area contributed by atoms with Crippen LogP contribution in [-0.2, 0) is 18.2 Å². The first-order chi connectivity index (χ1) is 21.2. The van der Waals surface area contributed by atoms with Crippen LogP contribution in [0.2, 0.25) is 10.0 Å². The molecule has 0 saturated carbocycles. The Morgan fingerprint density at radius 1 is 0.644 bits per heavy atom. The number of nitrogens with zero attached hydrogens (tertiary/aromatic N) is 2. The Kier molecular flexibility index (Phi) is 15.2. The second-order valence-electron chi connectivity index (χ2n) is 10.8. The zero-order valence-electron chi connectivity index (χ0n) is 27.4. The fourth-order valence-electron chi connectivity index (χ4n) is 4.62. The Balaban J connectivity index is 0.000000259. The smallest absolute Gasteiger partial charge is 0.178 e. The lowest BCUT2D eigenvalue weighted by molar-refractivity contribution is 0.0999. The molecule has 2 heterocycles. The number of carbonyl (C=O) groups is 2. The van der Waals surface area contributed by atoms with Gasteiger partial charge in [-0.25, -0.2) is 0 Å². The fourth-order valence-corrected chi connectivity index (χ4v) is 5.60. The van der Waals surface area contributed by atoms with Crippen molar-refractivity contribution in [3.63, 3.8) is 0 Å². The van der Waals surface area contributed by atoms with Crippen molar-refractivity contribution in [1.82, 2.24) is 9.97 Å². The van der Waals surface area contributed by atoms with Gasteiger partial charge in [-0.3, -0.25) is 19.6 Å². The minimum atomic E-state index is -0.0112. The molecule has 2 aromatic heterocycles. The first kappa shape index (κ1) is 37.9. The van der Waals surface area contributed by atoms with Crippen LogP contribution in [0.15, 0.2) is 48.8 Å². The number of methoxy groups -OCH3 is 2. The van der Waals surface area contributed by atoms with E-state index in [-0.39, 0.29) is 11.6 Å². The summed E-state index contributed by atoms with van der Waals surface area (Å²) in [5, 5.41) is 2.32. The van der Waals surface area contributed by atoms with Gasteiger partial charge in [0.05, 0.1) is 14.2 Å². The second kappa shape index (κ2) is 18.0. The van der Waals surface area contributed by atoms with Gasteiger partial charge >= 0.3 is 0 Å². The maximum atomic E-state index is 11.7. The van der Waals surface area contributed by atoms with Crippen molar-refractivity contribution in [1.29, 1.82) is 0 Å². The van der Waals surface area contributed by atoms with Crippen LogP contribution in [0, 0.1) is 34.6 Å². The van der Waals surface area contributed by atoms with E-state index in [4.69, 9.17) is 32.7 Å². The van der Waals surface area contributed by atoms with Crippen molar-refractivity contribution in [2.45, 2.75) is 66.6 Å². The molecule has 6 nitrogen and oxygen atoms in total. The van der Waals surface area contributed by atoms with E-state index in [0.29, 0.717) is 11.4 Å². The molecule has 0 unspecified atom stereocenters. The molecule has 4 aromatic rings. The standard InChI is InChI=1S/C18H20ClNO2.C9H10BrClO.C9H11NO/c1-11-7-15(18(13(3)21)20-10-11)6-5-14-9-16(22-4)8-12(2)17(14)19;1-6-3-8(12-2)4-7(5-10)9(6)11;1-6-4-7(2)9(8(3)11)10-5-6/h7-10H,5-6H2,1-4H3;3-4H,5H2,1-2H3;4-5H,1-3H3. The molecule has 2 aromatic carbocycles. The molecule has 240 valence electrons. The lowest BCUT2D eigenvalue weighted by atomic mass is 9.99. The number of ether oxygens (including phenoxy) is 2. The van der Waals surface area contributed by atoms with E-state index in [1.54, 1.807) is 33.5 Å². The van der Waals surface area contributed by atoms with Gasteiger partial charge in [-0.2, -0.15) is 0 Å². The van der Waals surface area contributed by atoms with E-state index in [0.717, 1.165) is 84.2 Å². The predicted octanol–water partition coefficient (Wildman–Crippen LogP) is 9.80. The summed E-state index contributed by atoms with van der Waals surface area (Å²) in [7, 11) is 3.30. The second-order valence-corrected chi connectivity index (χ2v) is 12.1. The zero-order chi connectivity index (χ0) is 33.8. The van der Waals surface area contributed by atoms with E-state index in [1.807, 2.05) is 71.0 Å². The van der Waals surface area contributed by atoms with Crippen LogP contribution in [0.4, 0.5) is 0 Å². The summed E-state index contributed by atoms with van der Waals surface area (Å²) in [6.07, 6.45) is 4.89. The van der Waals surface area contributed by atoms with Gasteiger partial charge in [0.25, 0.3) is 0 Å². The fraction of sp³-hybridized carbons (Fsp3) is 0.333. The molecule has 0 fully saturated rings. The van der Waals surface area contributed by atoms with Crippen molar-refractivity contribution >= 4 is 50.7 Å². The average molecular weight is 717 g/mol. The lowest BCUT2D eigenvalue weighted by Gasteiger charge is -2.12. The number of carbonyl (C=O) groups excluding carboxylic acids is 2. The molecular weight excluding hydrogens is 675 g/mol. The lowest BCUT2D eigenvalue weighted by Crippen LogP contribution is -2.05. The molecule has 0 radical (unpaired) electrons. The third-order valence-electron chi connectivity index (χ3n) is 6.87. The SMILES string of the molecule is CC(=O)c1ncc(C)cc1C.COc1cc(C)c(Cl)c(CBr)c1.COc1cc(C)c(Cl)c(CCc2cc(C)cnc2C(C)=O)c1. The van der Waals surface area contributed by atoms with Crippen LogP contribution < -0.4 is 9.47 Å². The summed E-state index contributed by atoms with van der Waals surface area (Å²) in [4.78, 5) is 30.9. The first-order valence-electron chi connectivity index (χ1n) is 14.3. The molecule has 4 rings (SSSR count). The number of Topliss-reactive ketones (excluding diaryl/α,β-unsaturated/α-hetero) is 2. The molecule has 0 saturated heterocycles. The third kappa shape index (κ3) is 11.2. The monoisotopic (exact) mass is 714 g/mol. The highest BCUT2D eigenvalue weighted by atomic mass is 79.9. The highest BCUT2D eigenvalue weighted by Crippen LogP contribution is 2.29. The molecule has 0 spiro atoms. The van der Waals surface area contributed by atoms with Gasteiger partial charge in [-0.05, 0) is 116 Å². The number of ketones is 2. The number of hydrogen-bond acceptors (Lipinski definition) is 6. The van der Waals surface area contributed by atoms with Gasteiger partial charge in [-0.1, -0.05) is 51.3 Å². The Morgan fingerprint density at radius 2 is 1.09 bits per heavy atom. The Bertz CT molecular complexity index is 1660. The Morgan fingerprint density at radius 3 is 1.56 bits per heavy atom. The normalized spacial score (nSPS) is 10.2. The molecule has 0 aliphatic rings. The molecule has 9 heteroatoms. The summed E-state index contributed by atoms with van der Waals surface area (Å²) in [6.45, 7) is 12.8. The Labute approximate surface area is 285 Å².